The second kappa shape index (κ2) is 10.2. The van der Waals surface area contributed by atoms with Gasteiger partial charge in [0.25, 0.3) is 5.91 Å². The van der Waals surface area contributed by atoms with Crippen molar-refractivity contribution in [2.75, 3.05) is 17.2 Å². The molecule has 3 aromatic rings. The number of halogens is 2. The molecule has 32 heavy (non-hydrogen) atoms. The molecule has 0 saturated carbocycles. The topological polar surface area (TPSA) is 75.7 Å². The summed E-state index contributed by atoms with van der Waals surface area (Å²) >= 11 is 0. The number of anilines is 1. The van der Waals surface area contributed by atoms with Crippen molar-refractivity contribution >= 4 is 21.6 Å². The standard InChI is InChI=1S/C23H22F2N2O4S/c1-32(29,30)27(15-18-4-8-20(25)9-5-18)21-10-12-22(13-11-21)31-16-23(28)26-14-17-2-6-19(24)7-3-17/h2-13H,14-16H2,1H3,(H,26,28). The zero-order valence-electron chi connectivity index (χ0n) is 17.3. The molecule has 0 aromatic heterocycles. The minimum atomic E-state index is -3.59. The third-order valence-electron chi connectivity index (χ3n) is 4.54. The van der Waals surface area contributed by atoms with Crippen molar-refractivity contribution in [1.29, 1.82) is 0 Å². The fourth-order valence-electron chi connectivity index (χ4n) is 2.87. The van der Waals surface area contributed by atoms with E-state index in [-0.39, 0.29) is 31.4 Å². The average molecular weight is 461 g/mol. The summed E-state index contributed by atoms with van der Waals surface area (Å²) in [5.41, 5.74) is 1.80. The lowest BCUT2D eigenvalue weighted by molar-refractivity contribution is -0.123. The van der Waals surface area contributed by atoms with Gasteiger partial charge in [-0.3, -0.25) is 9.10 Å². The van der Waals surface area contributed by atoms with Gasteiger partial charge in [-0.1, -0.05) is 24.3 Å². The second-order valence-electron chi connectivity index (χ2n) is 7.08. The average Bonchev–Trinajstić information content (AvgIpc) is 2.76. The van der Waals surface area contributed by atoms with Gasteiger partial charge in [0.2, 0.25) is 10.0 Å². The molecule has 0 fully saturated rings. The number of nitrogens with zero attached hydrogens (tertiary/aromatic N) is 1. The Morgan fingerprint density at radius 2 is 1.41 bits per heavy atom. The van der Waals surface area contributed by atoms with Gasteiger partial charge >= 0.3 is 0 Å². The van der Waals surface area contributed by atoms with E-state index in [1.807, 2.05) is 0 Å². The second-order valence-corrected chi connectivity index (χ2v) is 8.99. The zero-order chi connectivity index (χ0) is 23.1. The Labute approximate surface area is 185 Å². The molecule has 1 amide bonds. The van der Waals surface area contributed by atoms with Crippen molar-refractivity contribution in [1.82, 2.24) is 5.32 Å². The zero-order valence-corrected chi connectivity index (χ0v) is 18.1. The molecule has 3 aromatic carbocycles. The molecule has 0 unspecified atom stereocenters. The summed E-state index contributed by atoms with van der Waals surface area (Å²) < 4.78 is 57.2. The maximum atomic E-state index is 13.1. The molecule has 0 aliphatic carbocycles. The van der Waals surface area contributed by atoms with Crippen molar-refractivity contribution in [3.8, 4) is 5.75 Å². The van der Waals surface area contributed by atoms with Crippen molar-refractivity contribution in [2.24, 2.45) is 0 Å². The summed E-state index contributed by atoms with van der Waals surface area (Å²) in [6.45, 7) is 0.0607. The molecule has 0 saturated heterocycles. The highest BCUT2D eigenvalue weighted by Crippen LogP contribution is 2.24. The highest BCUT2D eigenvalue weighted by molar-refractivity contribution is 7.92. The van der Waals surface area contributed by atoms with Crippen LogP contribution in [-0.2, 0) is 27.9 Å². The fraction of sp³-hybridized carbons (Fsp3) is 0.174. The van der Waals surface area contributed by atoms with Crippen LogP contribution in [-0.4, -0.2) is 27.2 Å². The van der Waals surface area contributed by atoms with Crippen molar-refractivity contribution < 1.29 is 26.7 Å². The van der Waals surface area contributed by atoms with Crippen LogP contribution in [0.5, 0.6) is 5.75 Å². The van der Waals surface area contributed by atoms with Crippen LogP contribution in [0.1, 0.15) is 11.1 Å². The summed E-state index contributed by atoms with van der Waals surface area (Å²) in [5, 5.41) is 2.67. The molecule has 6 nitrogen and oxygen atoms in total. The molecule has 0 heterocycles. The molecular weight excluding hydrogens is 438 g/mol. The third-order valence-corrected chi connectivity index (χ3v) is 5.68. The van der Waals surface area contributed by atoms with Crippen molar-refractivity contribution in [3.05, 3.63) is 95.6 Å². The van der Waals surface area contributed by atoms with Crippen LogP contribution in [0, 0.1) is 11.6 Å². The summed E-state index contributed by atoms with van der Waals surface area (Å²) in [6, 6.07) is 17.6. The van der Waals surface area contributed by atoms with Gasteiger partial charge in [-0.15, -0.1) is 0 Å². The van der Waals surface area contributed by atoms with E-state index in [0.717, 1.165) is 11.8 Å². The van der Waals surface area contributed by atoms with Gasteiger partial charge in [0, 0.05) is 6.54 Å². The lowest BCUT2D eigenvalue weighted by atomic mass is 10.2. The van der Waals surface area contributed by atoms with E-state index in [1.165, 1.54) is 40.7 Å². The Hall–Kier alpha value is -3.46. The molecule has 0 aliphatic rings. The molecule has 0 bridgehead atoms. The first kappa shape index (κ1) is 23.2. The maximum Gasteiger partial charge on any atom is 0.258 e. The summed E-state index contributed by atoms with van der Waals surface area (Å²) in [5.74, 6) is -0.713. The normalized spacial score (nSPS) is 11.1. The lowest BCUT2D eigenvalue weighted by Crippen LogP contribution is -2.29. The van der Waals surface area contributed by atoms with Gasteiger partial charge in [0.05, 0.1) is 18.5 Å². The van der Waals surface area contributed by atoms with Gasteiger partial charge in [-0.05, 0) is 59.7 Å². The first-order valence-electron chi connectivity index (χ1n) is 9.67. The summed E-state index contributed by atoms with van der Waals surface area (Å²) in [6.07, 6.45) is 1.09. The van der Waals surface area contributed by atoms with E-state index in [2.05, 4.69) is 5.32 Å². The third kappa shape index (κ3) is 6.78. The van der Waals surface area contributed by atoms with E-state index < -0.39 is 15.8 Å². The Morgan fingerprint density at radius 1 is 0.875 bits per heavy atom. The number of hydrogen-bond donors (Lipinski definition) is 1. The number of sulfonamides is 1. The molecule has 0 atom stereocenters. The quantitative estimate of drug-likeness (QED) is 0.529. The van der Waals surface area contributed by atoms with E-state index in [4.69, 9.17) is 4.74 Å². The number of benzene rings is 3. The van der Waals surface area contributed by atoms with E-state index in [1.54, 1.807) is 36.4 Å². The predicted molar refractivity (Wildman–Crippen MR) is 118 cm³/mol. The van der Waals surface area contributed by atoms with Crippen LogP contribution in [0.4, 0.5) is 14.5 Å². The molecule has 168 valence electrons. The van der Waals surface area contributed by atoms with Crippen LogP contribution in [0.15, 0.2) is 72.8 Å². The van der Waals surface area contributed by atoms with Crippen LogP contribution < -0.4 is 14.4 Å². The maximum absolute atomic E-state index is 13.1. The van der Waals surface area contributed by atoms with Gasteiger partial charge < -0.3 is 10.1 Å². The van der Waals surface area contributed by atoms with E-state index in [9.17, 15) is 22.0 Å². The number of amides is 1. The number of carbonyl (C=O) groups excluding carboxylic acids is 1. The molecule has 0 aliphatic heterocycles. The van der Waals surface area contributed by atoms with Gasteiger partial charge in [-0.2, -0.15) is 0 Å². The van der Waals surface area contributed by atoms with Crippen LogP contribution in [0.2, 0.25) is 0 Å². The van der Waals surface area contributed by atoms with Gasteiger partial charge in [0.15, 0.2) is 6.61 Å². The smallest absolute Gasteiger partial charge is 0.258 e. The molecule has 1 N–H and O–H groups in total. The number of nitrogens with one attached hydrogen (secondary N) is 1. The Bertz CT molecular complexity index is 1150. The number of hydrogen-bond acceptors (Lipinski definition) is 4. The molecule has 0 radical (unpaired) electrons. The Balaban J connectivity index is 1.57. The van der Waals surface area contributed by atoms with Crippen LogP contribution >= 0.6 is 0 Å². The minimum Gasteiger partial charge on any atom is -0.484 e. The number of ether oxygens (including phenoxy) is 1. The van der Waals surface area contributed by atoms with Gasteiger partial charge in [-0.25, -0.2) is 17.2 Å². The minimum absolute atomic E-state index is 0.0467. The highest BCUT2D eigenvalue weighted by Gasteiger charge is 2.18. The molecule has 3 rings (SSSR count). The summed E-state index contributed by atoms with van der Waals surface area (Å²) in [4.78, 5) is 12.0. The predicted octanol–water partition coefficient (Wildman–Crippen LogP) is 3.63. The Morgan fingerprint density at radius 3 is 1.94 bits per heavy atom. The summed E-state index contributed by atoms with van der Waals surface area (Å²) in [7, 11) is -3.59. The lowest BCUT2D eigenvalue weighted by Gasteiger charge is -2.22. The fourth-order valence-corrected chi connectivity index (χ4v) is 3.76. The van der Waals surface area contributed by atoms with Crippen LogP contribution in [0.3, 0.4) is 0 Å². The number of rotatable bonds is 9. The SMILES string of the molecule is CS(=O)(=O)N(Cc1ccc(F)cc1)c1ccc(OCC(=O)NCc2ccc(F)cc2)cc1. The van der Waals surface area contributed by atoms with E-state index in [0.29, 0.717) is 17.0 Å². The molecule has 0 spiro atoms. The Kier molecular flexibility index (Phi) is 7.42. The monoisotopic (exact) mass is 460 g/mol. The van der Waals surface area contributed by atoms with E-state index >= 15 is 0 Å². The first-order chi connectivity index (χ1) is 15.2. The largest absolute Gasteiger partial charge is 0.484 e. The number of carbonyl (C=O) groups is 1. The van der Waals surface area contributed by atoms with Crippen molar-refractivity contribution in [2.45, 2.75) is 13.1 Å². The highest BCUT2D eigenvalue weighted by atomic mass is 32.2. The van der Waals surface area contributed by atoms with Gasteiger partial charge in [0.1, 0.15) is 17.4 Å². The molecule has 9 heteroatoms. The van der Waals surface area contributed by atoms with Crippen molar-refractivity contribution in [3.63, 3.8) is 0 Å². The molecular formula is C23H22F2N2O4S. The van der Waals surface area contributed by atoms with Crippen LogP contribution in [0.25, 0.3) is 0 Å². The first-order valence-corrected chi connectivity index (χ1v) is 11.5.